The normalized spacial score (nSPS) is 11.6. The van der Waals surface area contributed by atoms with Crippen LogP contribution in [0, 0.1) is 5.82 Å². The topological polar surface area (TPSA) is 72.2 Å². The van der Waals surface area contributed by atoms with E-state index in [1.165, 1.54) is 24.3 Å². The number of amides is 2. The van der Waals surface area contributed by atoms with Crippen LogP contribution in [-0.2, 0) is 0 Å². The van der Waals surface area contributed by atoms with E-state index in [2.05, 4.69) is 5.32 Å². The summed E-state index contributed by atoms with van der Waals surface area (Å²) in [4.78, 5) is 23.8. The van der Waals surface area contributed by atoms with Crippen LogP contribution in [0.4, 0.5) is 4.39 Å². The molecule has 0 radical (unpaired) electrons. The Morgan fingerprint density at radius 3 is 1.88 bits per heavy atom. The van der Waals surface area contributed by atoms with Crippen LogP contribution in [0.5, 0.6) is 0 Å². The van der Waals surface area contributed by atoms with E-state index in [1.54, 1.807) is 24.3 Å². The summed E-state index contributed by atoms with van der Waals surface area (Å²) in [6.07, 6.45) is 0. The highest BCUT2D eigenvalue weighted by atomic mass is 19.1. The molecule has 0 aliphatic rings. The van der Waals surface area contributed by atoms with Gasteiger partial charge in [-0.1, -0.05) is 42.5 Å². The number of hydrogen-bond acceptors (Lipinski definition) is 2. The van der Waals surface area contributed by atoms with Gasteiger partial charge in [0.2, 0.25) is 5.91 Å². The molecule has 3 aromatic carbocycles. The molecule has 0 unspecified atom stereocenters. The van der Waals surface area contributed by atoms with Crippen molar-refractivity contribution < 1.29 is 14.0 Å². The van der Waals surface area contributed by atoms with Gasteiger partial charge in [0.25, 0.3) is 5.91 Å². The van der Waals surface area contributed by atoms with E-state index in [0.717, 1.165) is 11.1 Å². The van der Waals surface area contributed by atoms with Gasteiger partial charge in [-0.15, -0.1) is 0 Å². The number of rotatable bonds is 5. The fourth-order valence-electron chi connectivity index (χ4n) is 2.66. The maximum Gasteiger partial charge on any atom is 0.252 e. The van der Waals surface area contributed by atoms with Crippen molar-refractivity contribution in [1.82, 2.24) is 5.32 Å². The maximum absolute atomic E-state index is 13.3. The lowest BCUT2D eigenvalue weighted by atomic mass is 9.98. The third-order valence-corrected chi connectivity index (χ3v) is 4.04. The fourth-order valence-corrected chi connectivity index (χ4v) is 2.66. The van der Waals surface area contributed by atoms with E-state index < -0.39 is 11.9 Å². The van der Waals surface area contributed by atoms with Crippen molar-refractivity contribution in [2.24, 2.45) is 5.73 Å². The molecule has 0 fully saturated rings. The smallest absolute Gasteiger partial charge is 0.252 e. The highest BCUT2D eigenvalue weighted by Crippen LogP contribution is 2.23. The molecular formula is C21H17FN2O2. The molecule has 0 saturated carbocycles. The summed E-state index contributed by atoms with van der Waals surface area (Å²) < 4.78 is 13.3. The van der Waals surface area contributed by atoms with Gasteiger partial charge in [0.1, 0.15) is 5.82 Å². The molecule has 4 nitrogen and oxygen atoms in total. The van der Waals surface area contributed by atoms with Crippen molar-refractivity contribution in [1.29, 1.82) is 0 Å². The molecule has 26 heavy (non-hydrogen) atoms. The van der Waals surface area contributed by atoms with Crippen molar-refractivity contribution in [3.8, 4) is 0 Å². The van der Waals surface area contributed by atoms with E-state index in [0.29, 0.717) is 11.1 Å². The minimum absolute atomic E-state index is 0.306. The molecule has 0 saturated heterocycles. The number of halogens is 1. The Labute approximate surface area is 150 Å². The van der Waals surface area contributed by atoms with Crippen LogP contribution in [-0.4, -0.2) is 11.8 Å². The number of benzene rings is 3. The first kappa shape index (κ1) is 17.4. The number of carbonyl (C=O) groups excluding carboxylic acids is 2. The van der Waals surface area contributed by atoms with E-state index in [1.807, 2.05) is 30.3 Å². The van der Waals surface area contributed by atoms with Gasteiger partial charge in [0.15, 0.2) is 0 Å². The average molecular weight is 348 g/mol. The lowest BCUT2D eigenvalue weighted by Crippen LogP contribution is -2.29. The fraction of sp³-hybridized carbons (Fsp3) is 0.0476. The Bertz CT molecular complexity index is 907. The number of hydrogen-bond donors (Lipinski definition) is 2. The van der Waals surface area contributed by atoms with Gasteiger partial charge in [-0.2, -0.15) is 0 Å². The zero-order valence-corrected chi connectivity index (χ0v) is 13.9. The van der Waals surface area contributed by atoms with Gasteiger partial charge in [0, 0.05) is 11.1 Å². The zero-order valence-electron chi connectivity index (χ0n) is 13.9. The first-order chi connectivity index (χ1) is 12.5. The summed E-state index contributed by atoms with van der Waals surface area (Å²) in [6, 6.07) is 21.1. The summed E-state index contributed by atoms with van der Waals surface area (Å²) >= 11 is 0. The standard InChI is InChI=1S/C21H17FN2O2/c22-18-12-10-15(11-13-18)19(14-4-2-1-3-5-14)24-21(26)17-8-6-16(7-9-17)20(23)25/h1-13,19H,(H2,23,25)(H,24,26)/t19-/m1/s1. The second-order valence-corrected chi connectivity index (χ2v) is 5.81. The third kappa shape index (κ3) is 3.95. The van der Waals surface area contributed by atoms with E-state index >= 15 is 0 Å². The predicted molar refractivity (Wildman–Crippen MR) is 97.1 cm³/mol. The van der Waals surface area contributed by atoms with Crippen LogP contribution in [0.1, 0.15) is 37.9 Å². The molecule has 1 atom stereocenters. The van der Waals surface area contributed by atoms with Gasteiger partial charge in [0.05, 0.1) is 6.04 Å². The van der Waals surface area contributed by atoms with E-state index in [-0.39, 0.29) is 11.7 Å². The van der Waals surface area contributed by atoms with Gasteiger partial charge in [-0.3, -0.25) is 9.59 Å². The van der Waals surface area contributed by atoms with Crippen LogP contribution >= 0.6 is 0 Å². The van der Waals surface area contributed by atoms with Crippen molar-refractivity contribution in [2.75, 3.05) is 0 Å². The van der Waals surface area contributed by atoms with Crippen molar-refractivity contribution in [3.63, 3.8) is 0 Å². The first-order valence-electron chi connectivity index (χ1n) is 8.06. The molecule has 0 aliphatic carbocycles. The minimum Gasteiger partial charge on any atom is -0.366 e. The van der Waals surface area contributed by atoms with Gasteiger partial charge < -0.3 is 11.1 Å². The van der Waals surface area contributed by atoms with Gasteiger partial charge in [-0.25, -0.2) is 4.39 Å². The molecule has 0 spiro atoms. The summed E-state index contributed by atoms with van der Waals surface area (Å²) in [5.41, 5.74) is 7.59. The Hall–Kier alpha value is -3.47. The van der Waals surface area contributed by atoms with Gasteiger partial charge in [-0.05, 0) is 47.5 Å². The van der Waals surface area contributed by atoms with Crippen molar-refractivity contribution >= 4 is 11.8 Å². The van der Waals surface area contributed by atoms with Gasteiger partial charge >= 0.3 is 0 Å². The molecule has 3 aromatic rings. The Kier molecular flexibility index (Phi) is 5.08. The Balaban J connectivity index is 1.89. The quantitative estimate of drug-likeness (QED) is 0.741. The highest BCUT2D eigenvalue weighted by Gasteiger charge is 2.18. The molecule has 3 rings (SSSR count). The summed E-state index contributed by atoms with van der Waals surface area (Å²) in [6.45, 7) is 0. The molecule has 0 aromatic heterocycles. The van der Waals surface area contributed by atoms with Crippen LogP contribution in [0.3, 0.4) is 0 Å². The SMILES string of the molecule is NC(=O)c1ccc(C(=O)N[C@H](c2ccccc2)c2ccc(F)cc2)cc1. The monoisotopic (exact) mass is 348 g/mol. The minimum atomic E-state index is -0.551. The Morgan fingerprint density at radius 2 is 1.31 bits per heavy atom. The van der Waals surface area contributed by atoms with Crippen molar-refractivity contribution in [2.45, 2.75) is 6.04 Å². The van der Waals surface area contributed by atoms with Crippen LogP contribution < -0.4 is 11.1 Å². The molecule has 0 aliphatic heterocycles. The summed E-state index contributed by atoms with van der Waals surface area (Å²) in [5, 5.41) is 2.96. The number of nitrogens with one attached hydrogen (secondary N) is 1. The average Bonchev–Trinajstić information content (AvgIpc) is 2.67. The van der Waals surface area contributed by atoms with E-state index in [4.69, 9.17) is 5.73 Å². The highest BCUT2D eigenvalue weighted by molar-refractivity contribution is 5.97. The Morgan fingerprint density at radius 1 is 0.769 bits per heavy atom. The molecule has 0 bridgehead atoms. The second kappa shape index (κ2) is 7.61. The first-order valence-corrected chi connectivity index (χ1v) is 8.06. The number of nitrogens with two attached hydrogens (primary N) is 1. The second-order valence-electron chi connectivity index (χ2n) is 5.81. The number of carbonyl (C=O) groups is 2. The van der Waals surface area contributed by atoms with Crippen molar-refractivity contribution in [3.05, 3.63) is 107 Å². The molecule has 3 N–H and O–H groups in total. The van der Waals surface area contributed by atoms with Crippen LogP contribution in [0.2, 0.25) is 0 Å². The summed E-state index contributed by atoms with van der Waals surface area (Å²) in [5.74, 6) is -1.20. The zero-order chi connectivity index (χ0) is 18.5. The summed E-state index contributed by atoms with van der Waals surface area (Å²) in [7, 11) is 0. The largest absolute Gasteiger partial charge is 0.366 e. The third-order valence-electron chi connectivity index (χ3n) is 4.04. The maximum atomic E-state index is 13.3. The number of primary amides is 1. The molecular weight excluding hydrogens is 331 g/mol. The molecule has 0 heterocycles. The predicted octanol–water partition coefficient (Wildman–Crippen LogP) is 3.44. The van der Waals surface area contributed by atoms with E-state index in [9.17, 15) is 14.0 Å². The van der Waals surface area contributed by atoms with Crippen LogP contribution in [0.15, 0.2) is 78.9 Å². The lowest BCUT2D eigenvalue weighted by molar-refractivity contribution is 0.0940. The molecule has 2 amide bonds. The lowest BCUT2D eigenvalue weighted by Gasteiger charge is -2.20. The van der Waals surface area contributed by atoms with Crippen LogP contribution in [0.25, 0.3) is 0 Å². The molecule has 130 valence electrons. The molecule has 5 heteroatoms.